The molecule has 0 saturated heterocycles. The number of allylic oxidation sites excluding steroid dienone is 1. The molecule has 3 aromatic carbocycles. The van der Waals surface area contributed by atoms with Gasteiger partial charge < -0.3 is 39.3 Å². The monoisotopic (exact) mass is 865 g/mol. The van der Waals surface area contributed by atoms with E-state index in [1.54, 1.807) is 14.2 Å². The third-order valence-electron chi connectivity index (χ3n) is 9.74. The average molecular weight is 867 g/mol. The highest BCUT2D eigenvalue weighted by atomic mass is 35.5. The fourth-order valence-corrected chi connectivity index (χ4v) is 7.37. The number of amides is 1. The van der Waals surface area contributed by atoms with E-state index in [-0.39, 0.29) is 0 Å². The second-order valence-electron chi connectivity index (χ2n) is 13.6. The molecule has 3 N–H and O–H groups in total. The van der Waals surface area contributed by atoms with Crippen molar-refractivity contribution in [1.82, 2.24) is 19.7 Å². The molecule has 0 bridgehead atoms. The summed E-state index contributed by atoms with van der Waals surface area (Å²) in [6.45, 7) is 15.0. The molecule has 0 aliphatic carbocycles. The Labute approximate surface area is 364 Å². The molecule has 12 nitrogen and oxygen atoms in total. The first-order chi connectivity index (χ1) is 29.0. The minimum Gasteiger partial charge on any atom is -0.494 e. The highest BCUT2D eigenvalue weighted by Crippen LogP contribution is 2.44. The topological polar surface area (TPSA) is 138 Å². The number of fused-ring (bicyclic) bond motifs is 1. The van der Waals surface area contributed by atoms with Crippen LogP contribution in [0.5, 0.6) is 11.5 Å². The molecule has 0 unspecified atom stereocenters. The summed E-state index contributed by atoms with van der Waals surface area (Å²) in [5, 5.41) is 20.2. The predicted molar refractivity (Wildman–Crippen MR) is 245 cm³/mol. The first-order valence-corrected chi connectivity index (χ1v) is 20.8. The van der Waals surface area contributed by atoms with Gasteiger partial charge in [0.05, 0.1) is 41.7 Å². The molecule has 0 fully saturated rings. The summed E-state index contributed by atoms with van der Waals surface area (Å²) in [6.07, 6.45) is 6.84. The standard InChI is InChI=1S/C43H51Cl2N5O6.C2H6.CH4O/c1-27-19-34(20-28(2)41(27)45)55-15-8-9-31(21-32-22-35(56-18-17-54-7)23-37-33(25-51)24-50(43(32)37)14-16-53-6)36-10-11-38(44)40(42(36)47-13-12-46-26-52)39-29(3)48-49(5)30(39)4;2*1-2/h10-11,19-26,47H,8-9,12-18H2,1-7H3,(H,46,52);1-2H3;2H,1H3/b31-21+;;. The molecule has 1 amide bonds. The van der Waals surface area contributed by atoms with Crippen LogP contribution in [0.15, 0.2) is 42.6 Å². The fourth-order valence-electron chi connectivity index (χ4n) is 7.01. The first kappa shape index (κ1) is 49.5. The molecule has 0 spiro atoms. The van der Waals surface area contributed by atoms with Crippen molar-refractivity contribution in [3.63, 3.8) is 0 Å². The fraction of sp³-hybridized carbons (Fsp3) is 0.413. The summed E-state index contributed by atoms with van der Waals surface area (Å²) < 4.78 is 27.1. The number of hydrogen-bond donors (Lipinski definition) is 3. The van der Waals surface area contributed by atoms with Gasteiger partial charge in [-0.15, -0.1) is 0 Å². The van der Waals surface area contributed by atoms with Crippen molar-refractivity contribution in [3.8, 4) is 22.6 Å². The van der Waals surface area contributed by atoms with Crippen LogP contribution in [0.4, 0.5) is 5.69 Å². The lowest BCUT2D eigenvalue weighted by Crippen LogP contribution is -2.21. The van der Waals surface area contributed by atoms with Crippen molar-refractivity contribution < 1.29 is 33.6 Å². The molecule has 0 radical (unpaired) electrons. The number of benzene rings is 3. The van der Waals surface area contributed by atoms with Gasteiger partial charge in [-0.05, 0) is 93.6 Å². The lowest BCUT2D eigenvalue weighted by Gasteiger charge is -2.21. The van der Waals surface area contributed by atoms with Crippen molar-refractivity contribution in [2.24, 2.45) is 7.05 Å². The maximum Gasteiger partial charge on any atom is 0.207 e. The summed E-state index contributed by atoms with van der Waals surface area (Å²) in [6, 6.07) is 11.8. The number of aliphatic hydroxyl groups is 1. The highest BCUT2D eigenvalue weighted by Gasteiger charge is 2.23. The van der Waals surface area contributed by atoms with E-state index in [1.165, 1.54) is 0 Å². The number of carbonyl (C=O) groups excluding carboxylic acids is 2. The van der Waals surface area contributed by atoms with Crippen LogP contribution in [0, 0.1) is 27.7 Å². The number of aldehydes is 1. The molecule has 5 rings (SSSR count). The minimum atomic E-state index is 0.340. The van der Waals surface area contributed by atoms with E-state index in [1.807, 2.05) is 95.9 Å². The van der Waals surface area contributed by atoms with E-state index in [2.05, 4.69) is 21.3 Å². The van der Waals surface area contributed by atoms with Gasteiger partial charge in [-0.3, -0.25) is 14.3 Å². The molecule has 0 aliphatic heterocycles. The number of nitrogens with zero attached hydrogens (tertiary/aromatic N) is 3. The Hall–Kier alpha value is -4.85. The molecular weight excluding hydrogens is 805 g/mol. The van der Waals surface area contributed by atoms with E-state index in [4.69, 9.17) is 52.4 Å². The normalized spacial score (nSPS) is 11.1. The summed E-state index contributed by atoms with van der Waals surface area (Å²) in [5.41, 5.74) is 10.5. The average Bonchev–Trinajstić information content (AvgIpc) is 3.73. The number of anilines is 1. The van der Waals surface area contributed by atoms with Crippen molar-refractivity contribution in [3.05, 3.63) is 91.8 Å². The van der Waals surface area contributed by atoms with Crippen LogP contribution in [0.3, 0.4) is 0 Å². The molecular formula is C46H61Cl2N5O7. The summed E-state index contributed by atoms with van der Waals surface area (Å²) in [4.78, 5) is 23.7. The summed E-state index contributed by atoms with van der Waals surface area (Å²) >= 11 is 13.5. The molecule has 60 heavy (non-hydrogen) atoms. The molecule has 14 heteroatoms. The largest absolute Gasteiger partial charge is 0.494 e. The number of aromatic nitrogens is 3. The van der Waals surface area contributed by atoms with Gasteiger partial charge in [0.15, 0.2) is 6.29 Å². The third-order valence-corrected chi connectivity index (χ3v) is 10.6. The SMILES string of the molecule is CC.CO.COCCOc1cc(/C=C(\CCCOc2cc(C)c(Cl)c(C)c2)c2ccc(Cl)c(-c3c(C)nn(C)c3C)c2NCCNC=O)c2c(c1)c(C=O)cn2CCOC. The van der Waals surface area contributed by atoms with Gasteiger partial charge in [-0.25, -0.2) is 0 Å². The van der Waals surface area contributed by atoms with Crippen LogP contribution in [0.2, 0.25) is 10.0 Å². The molecule has 0 saturated carbocycles. The third kappa shape index (κ3) is 12.4. The number of aryl methyl sites for hydroxylation is 4. The number of ether oxygens (including phenoxy) is 4. The Morgan fingerprint density at radius 1 is 0.850 bits per heavy atom. The number of aliphatic hydroxyl groups excluding tert-OH is 1. The predicted octanol–water partition coefficient (Wildman–Crippen LogP) is 9.26. The maximum atomic E-state index is 12.4. The Balaban J connectivity index is 0.00000233. The van der Waals surface area contributed by atoms with E-state index in [9.17, 15) is 9.59 Å². The van der Waals surface area contributed by atoms with Crippen LogP contribution in [-0.4, -0.2) is 93.0 Å². The minimum absolute atomic E-state index is 0.340. The smallest absolute Gasteiger partial charge is 0.207 e. The van der Waals surface area contributed by atoms with Gasteiger partial charge in [0.2, 0.25) is 6.41 Å². The lowest BCUT2D eigenvalue weighted by atomic mass is 9.91. The van der Waals surface area contributed by atoms with Gasteiger partial charge in [-0.1, -0.05) is 43.1 Å². The number of nitrogens with one attached hydrogen (secondary N) is 2. The van der Waals surface area contributed by atoms with Crippen LogP contribution < -0.4 is 20.1 Å². The summed E-state index contributed by atoms with van der Waals surface area (Å²) in [5.74, 6) is 1.37. The van der Waals surface area contributed by atoms with Crippen molar-refractivity contribution >= 4 is 64.1 Å². The lowest BCUT2D eigenvalue weighted by molar-refractivity contribution is -0.109. The zero-order valence-corrected chi connectivity index (χ0v) is 38.1. The Bertz CT molecular complexity index is 2190. The van der Waals surface area contributed by atoms with Gasteiger partial charge in [0.1, 0.15) is 18.1 Å². The second kappa shape index (κ2) is 25.0. The van der Waals surface area contributed by atoms with E-state index < -0.39 is 0 Å². The summed E-state index contributed by atoms with van der Waals surface area (Å²) in [7, 11) is 6.20. The zero-order chi connectivity index (χ0) is 44.4. The quantitative estimate of drug-likeness (QED) is 0.0375. The van der Waals surface area contributed by atoms with Gasteiger partial charge in [0, 0.05) is 98.1 Å². The molecule has 0 aliphatic rings. The molecule has 2 heterocycles. The van der Waals surface area contributed by atoms with Gasteiger partial charge >= 0.3 is 0 Å². The molecule has 326 valence electrons. The number of rotatable bonds is 21. The van der Waals surface area contributed by atoms with Crippen molar-refractivity contribution in [2.45, 2.75) is 60.9 Å². The van der Waals surface area contributed by atoms with E-state index >= 15 is 0 Å². The first-order valence-electron chi connectivity index (χ1n) is 20.0. The Kier molecular flexibility index (Phi) is 20.7. The maximum absolute atomic E-state index is 12.4. The number of halogens is 2. The van der Waals surface area contributed by atoms with Gasteiger partial charge in [0.25, 0.3) is 0 Å². The molecule has 5 aromatic rings. The number of carbonyl (C=O) groups is 2. The highest BCUT2D eigenvalue weighted by molar-refractivity contribution is 6.34. The number of methoxy groups -OCH3 is 2. The zero-order valence-electron chi connectivity index (χ0n) is 36.6. The van der Waals surface area contributed by atoms with Crippen LogP contribution in [0.1, 0.15) is 70.7 Å². The van der Waals surface area contributed by atoms with E-state index in [0.717, 1.165) is 91.1 Å². The van der Waals surface area contributed by atoms with Crippen LogP contribution in [-0.2, 0) is 27.9 Å². The Morgan fingerprint density at radius 2 is 1.52 bits per heavy atom. The van der Waals surface area contributed by atoms with Crippen LogP contribution >= 0.6 is 23.2 Å². The molecule has 2 aromatic heterocycles. The van der Waals surface area contributed by atoms with Crippen LogP contribution in [0.25, 0.3) is 33.7 Å². The van der Waals surface area contributed by atoms with Crippen molar-refractivity contribution in [1.29, 1.82) is 0 Å². The second-order valence-corrected chi connectivity index (χ2v) is 14.4. The van der Waals surface area contributed by atoms with E-state index in [0.29, 0.717) is 81.6 Å². The Morgan fingerprint density at radius 3 is 2.13 bits per heavy atom. The number of hydrogen-bond acceptors (Lipinski definition) is 9. The molecule has 0 atom stereocenters. The van der Waals surface area contributed by atoms with Gasteiger partial charge in [-0.2, -0.15) is 5.10 Å². The van der Waals surface area contributed by atoms with Crippen molar-refractivity contribution in [2.75, 3.05) is 66.2 Å².